The average Bonchev–Trinajstić information content (AvgIpc) is 2.68. The maximum absolute atomic E-state index is 12.1. The van der Waals surface area contributed by atoms with Crippen LogP contribution in [-0.2, 0) is 4.79 Å². The summed E-state index contributed by atoms with van der Waals surface area (Å²) in [6, 6.07) is 0. The Bertz CT molecular complexity index is 364. The summed E-state index contributed by atoms with van der Waals surface area (Å²) in [5.41, 5.74) is 0.215. The number of hydrogen-bond donors (Lipinski definition) is 0. The zero-order valence-corrected chi connectivity index (χ0v) is 13.8. The van der Waals surface area contributed by atoms with Crippen LogP contribution in [-0.4, -0.2) is 47.4 Å². The van der Waals surface area contributed by atoms with Gasteiger partial charge in [-0.3, -0.25) is 4.79 Å². The number of carbonyl (C=O) groups is 1. The fourth-order valence-corrected chi connectivity index (χ4v) is 5.06. The first kappa shape index (κ1) is 15.3. The molecule has 1 aliphatic carbocycles. The molecule has 0 bridgehead atoms. The number of rotatable bonds is 3. The third-order valence-electron chi connectivity index (χ3n) is 6.25. The molecule has 3 heteroatoms. The monoisotopic (exact) mass is 292 g/mol. The zero-order chi connectivity index (χ0) is 14.7. The fraction of sp³-hybridized carbons (Fsp3) is 0.944. The minimum absolute atomic E-state index is 0.215. The lowest BCUT2D eigenvalue weighted by atomic mass is 9.87. The minimum Gasteiger partial charge on any atom is -0.337 e. The highest BCUT2D eigenvalue weighted by Crippen LogP contribution is 2.39. The van der Waals surface area contributed by atoms with Gasteiger partial charge in [0.2, 0.25) is 5.91 Å². The summed E-state index contributed by atoms with van der Waals surface area (Å²) in [5, 5.41) is 0. The Morgan fingerprint density at radius 1 is 1.05 bits per heavy atom. The Labute approximate surface area is 130 Å². The lowest BCUT2D eigenvalue weighted by molar-refractivity contribution is -0.131. The largest absolute Gasteiger partial charge is 0.337 e. The van der Waals surface area contributed by atoms with Gasteiger partial charge in [-0.2, -0.15) is 0 Å². The predicted molar refractivity (Wildman–Crippen MR) is 86.2 cm³/mol. The number of hydrogen-bond acceptors (Lipinski definition) is 2. The summed E-state index contributed by atoms with van der Waals surface area (Å²) in [4.78, 5) is 17.0. The molecule has 21 heavy (non-hydrogen) atoms. The SMILES string of the molecule is CCN1C(=O)CC[C@@]12CCCN(CC1CCCCC1)CC2. The lowest BCUT2D eigenvalue weighted by Gasteiger charge is -2.37. The van der Waals surface area contributed by atoms with Crippen molar-refractivity contribution in [2.75, 3.05) is 26.2 Å². The standard InChI is InChI=1S/C18H32N2O/c1-2-20-17(21)9-11-18(20)10-6-13-19(14-12-18)15-16-7-4-3-5-8-16/h16H,2-15H2,1H3/t18-/m1/s1. The van der Waals surface area contributed by atoms with Gasteiger partial charge in [-0.05, 0) is 57.9 Å². The quantitative estimate of drug-likeness (QED) is 0.795. The number of amides is 1. The van der Waals surface area contributed by atoms with Gasteiger partial charge in [-0.25, -0.2) is 0 Å². The molecule has 120 valence electrons. The summed E-state index contributed by atoms with van der Waals surface area (Å²) in [7, 11) is 0. The third kappa shape index (κ3) is 3.28. The van der Waals surface area contributed by atoms with E-state index in [1.54, 1.807) is 0 Å². The Morgan fingerprint density at radius 2 is 1.86 bits per heavy atom. The van der Waals surface area contributed by atoms with Gasteiger partial charge >= 0.3 is 0 Å². The van der Waals surface area contributed by atoms with Crippen molar-refractivity contribution >= 4 is 5.91 Å². The first-order valence-corrected chi connectivity index (χ1v) is 9.26. The highest BCUT2D eigenvalue weighted by Gasteiger charge is 2.44. The van der Waals surface area contributed by atoms with Crippen molar-refractivity contribution in [2.45, 2.75) is 76.7 Å². The van der Waals surface area contributed by atoms with Crippen LogP contribution in [0.1, 0.15) is 71.1 Å². The van der Waals surface area contributed by atoms with Crippen LogP contribution in [0.3, 0.4) is 0 Å². The molecule has 0 unspecified atom stereocenters. The average molecular weight is 292 g/mol. The fourth-order valence-electron chi connectivity index (χ4n) is 5.06. The van der Waals surface area contributed by atoms with Crippen LogP contribution < -0.4 is 0 Å². The van der Waals surface area contributed by atoms with Gasteiger partial charge in [0, 0.05) is 31.6 Å². The summed E-state index contributed by atoms with van der Waals surface area (Å²) >= 11 is 0. The molecule has 0 aromatic carbocycles. The van der Waals surface area contributed by atoms with E-state index in [4.69, 9.17) is 0 Å². The second-order valence-corrected chi connectivity index (χ2v) is 7.52. The summed E-state index contributed by atoms with van der Waals surface area (Å²) in [6.07, 6.45) is 12.8. The van der Waals surface area contributed by atoms with E-state index in [0.717, 1.165) is 25.3 Å². The Balaban J connectivity index is 1.57. The molecule has 0 aromatic heterocycles. The molecule has 3 fully saturated rings. The van der Waals surface area contributed by atoms with Gasteiger partial charge in [-0.15, -0.1) is 0 Å². The van der Waals surface area contributed by atoms with Crippen molar-refractivity contribution in [3.8, 4) is 0 Å². The molecular weight excluding hydrogens is 260 g/mol. The molecular formula is C18H32N2O. The minimum atomic E-state index is 0.215. The van der Waals surface area contributed by atoms with E-state index >= 15 is 0 Å². The van der Waals surface area contributed by atoms with E-state index in [-0.39, 0.29) is 5.54 Å². The summed E-state index contributed by atoms with van der Waals surface area (Å²) in [6.45, 7) is 6.83. The van der Waals surface area contributed by atoms with Crippen LogP contribution >= 0.6 is 0 Å². The predicted octanol–water partition coefficient (Wildman–Crippen LogP) is 3.43. The molecule has 2 saturated heterocycles. The molecule has 0 N–H and O–H groups in total. The van der Waals surface area contributed by atoms with Crippen molar-refractivity contribution in [3.05, 3.63) is 0 Å². The van der Waals surface area contributed by atoms with E-state index in [1.807, 2.05) is 0 Å². The van der Waals surface area contributed by atoms with Crippen molar-refractivity contribution in [1.82, 2.24) is 9.80 Å². The highest BCUT2D eigenvalue weighted by molar-refractivity contribution is 5.79. The van der Waals surface area contributed by atoms with Crippen molar-refractivity contribution in [1.29, 1.82) is 0 Å². The second kappa shape index (κ2) is 6.68. The third-order valence-corrected chi connectivity index (χ3v) is 6.25. The number of carbonyl (C=O) groups excluding carboxylic acids is 1. The van der Waals surface area contributed by atoms with Crippen LogP contribution in [0.2, 0.25) is 0 Å². The maximum atomic E-state index is 12.1. The summed E-state index contributed by atoms with van der Waals surface area (Å²) in [5.74, 6) is 1.35. The van der Waals surface area contributed by atoms with Crippen LogP contribution in [0, 0.1) is 5.92 Å². The van der Waals surface area contributed by atoms with Gasteiger partial charge in [0.25, 0.3) is 0 Å². The smallest absolute Gasteiger partial charge is 0.223 e. The van der Waals surface area contributed by atoms with Gasteiger partial charge in [-0.1, -0.05) is 19.3 Å². The molecule has 2 heterocycles. The van der Waals surface area contributed by atoms with Crippen LogP contribution in [0.25, 0.3) is 0 Å². The molecule has 1 atom stereocenters. The van der Waals surface area contributed by atoms with E-state index < -0.39 is 0 Å². The highest BCUT2D eigenvalue weighted by atomic mass is 16.2. The van der Waals surface area contributed by atoms with Crippen LogP contribution in [0.4, 0.5) is 0 Å². The first-order chi connectivity index (χ1) is 10.2. The second-order valence-electron chi connectivity index (χ2n) is 7.52. The van der Waals surface area contributed by atoms with E-state index in [2.05, 4.69) is 16.7 Å². The van der Waals surface area contributed by atoms with Crippen molar-refractivity contribution < 1.29 is 4.79 Å². The Hall–Kier alpha value is -0.570. The van der Waals surface area contributed by atoms with Crippen molar-refractivity contribution in [2.24, 2.45) is 5.92 Å². The first-order valence-electron chi connectivity index (χ1n) is 9.26. The molecule has 1 spiro atoms. The van der Waals surface area contributed by atoms with Crippen LogP contribution in [0.5, 0.6) is 0 Å². The molecule has 0 radical (unpaired) electrons. The van der Waals surface area contributed by atoms with Gasteiger partial charge in [0.15, 0.2) is 0 Å². The van der Waals surface area contributed by atoms with Crippen LogP contribution in [0.15, 0.2) is 0 Å². The van der Waals surface area contributed by atoms with E-state index in [9.17, 15) is 4.79 Å². The molecule has 2 aliphatic heterocycles. The Kier molecular flexibility index (Phi) is 4.88. The molecule has 1 saturated carbocycles. The number of likely N-dealkylation sites (tertiary alicyclic amines) is 2. The topological polar surface area (TPSA) is 23.6 Å². The summed E-state index contributed by atoms with van der Waals surface area (Å²) < 4.78 is 0. The molecule has 0 aromatic rings. The van der Waals surface area contributed by atoms with E-state index in [0.29, 0.717) is 5.91 Å². The molecule has 3 aliphatic rings. The number of nitrogens with zero attached hydrogens (tertiary/aromatic N) is 2. The maximum Gasteiger partial charge on any atom is 0.223 e. The molecule has 1 amide bonds. The molecule has 3 rings (SSSR count). The van der Waals surface area contributed by atoms with E-state index in [1.165, 1.54) is 71.0 Å². The van der Waals surface area contributed by atoms with Gasteiger partial charge in [0.1, 0.15) is 0 Å². The Morgan fingerprint density at radius 3 is 2.62 bits per heavy atom. The van der Waals surface area contributed by atoms with Crippen molar-refractivity contribution in [3.63, 3.8) is 0 Å². The van der Waals surface area contributed by atoms with Gasteiger partial charge in [0.05, 0.1) is 0 Å². The molecule has 3 nitrogen and oxygen atoms in total. The zero-order valence-electron chi connectivity index (χ0n) is 13.8. The van der Waals surface area contributed by atoms with Gasteiger partial charge < -0.3 is 9.80 Å². The normalized spacial score (nSPS) is 32.8. The lowest BCUT2D eigenvalue weighted by Crippen LogP contribution is -2.46.